The average Bonchev–Trinajstić information content (AvgIpc) is 2.25. The molecule has 0 saturated heterocycles. The third kappa shape index (κ3) is 3.74. The molecule has 1 rings (SSSR count). The standard InChI is InChI=1S/C12H17NO3S2/c1-12(2,18(3,15)16)8-13-11(14)9-4-6-10(17)7-5-9/h4-7,17H,8H2,1-3H3,(H,13,14). The molecule has 0 fully saturated rings. The van der Waals surface area contributed by atoms with Crippen LogP contribution >= 0.6 is 12.6 Å². The normalized spacial score (nSPS) is 12.2. The molecular weight excluding hydrogens is 270 g/mol. The van der Waals surface area contributed by atoms with Crippen molar-refractivity contribution in [2.45, 2.75) is 23.5 Å². The number of sulfone groups is 1. The van der Waals surface area contributed by atoms with E-state index in [0.717, 1.165) is 11.2 Å². The second kappa shape index (κ2) is 5.32. The van der Waals surface area contributed by atoms with Crippen LogP contribution in [0.1, 0.15) is 24.2 Å². The van der Waals surface area contributed by atoms with Crippen molar-refractivity contribution in [1.29, 1.82) is 0 Å². The molecule has 0 radical (unpaired) electrons. The Morgan fingerprint density at radius 3 is 2.22 bits per heavy atom. The molecule has 18 heavy (non-hydrogen) atoms. The summed E-state index contributed by atoms with van der Waals surface area (Å²) in [6.07, 6.45) is 1.16. The van der Waals surface area contributed by atoms with Crippen molar-refractivity contribution in [1.82, 2.24) is 5.32 Å². The van der Waals surface area contributed by atoms with Crippen molar-refractivity contribution >= 4 is 28.4 Å². The number of rotatable bonds is 4. The highest BCUT2D eigenvalue weighted by molar-refractivity contribution is 7.92. The van der Waals surface area contributed by atoms with E-state index < -0.39 is 14.6 Å². The molecule has 6 heteroatoms. The molecule has 4 nitrogen and oxygen atoms in total. The van der Waals surface area contributed by atoms with Crippen LogP contribution in [0.4, 0.5) is 0 Å². The van der Waals surface area contributed by atoms with Gasteiger partial charge in [-0.1, -0.05) is 0 Å². The number of nitrogens with one attached hydrogen (secondary N) is 1. The fraction of sp³-hybridized carbons (Fsp3) is 0.417. The molecule has 1 aromatic carbocycles. The molecule has 1 aromatic rings. The maximum atomic E-state index is 11.8. The molecule has 1 N–H and O–H groups in total. The van der Waals surface area contributed by atoms with Gasteiger partial charge in [-0.3, -0.25) is 4.79 Å². The van der Waals surface area contributed by atoms with Crippen LogP contribution < -0.4 is 5.32 Å². The van der Waals surface area contributed by atoms with Gasteiger partial charge < -0.3 is 5.32 Å². The van der Waals surface area contributed by atoms with E-state index in [1.54, 1.807) is 38.1 Å². The van der Waals surface area contributed by atoms with Crippen LogP contribution in [-0.2, 0) is 9.84 Å². The van der Waals surface area contributed by atoms with Crippen molar-refractivity contribution < 1.29 is 13.2 Å². The Labute approximate surface area is 113 Å². The topological polar surface area (TPSA) is 63.2 Å². The van der Waals surface area contributed by atoms with Crippen LogP contribution in [0.5, 0.6) is 0 Å². The Kier molecular flexibility index (Phi) is 4.45. The lowest BCUT2D eigenvalue weighted by Gasteiger charge is -2.22. The first-order chi connectivity index (χ1) is 8.13. The van der Waals surface area contributed by atoms with Crippen LogP contribution in [-0.4, -0.2) is 31.9 Å². The molecule has 1 amide bonds. The first kappa shape index (κ1) is 15.0. The lowest BCUT2D eigenvalue weighted by Crippen LogP contribution is -2.43. The number of thiol groups is 1. The predicted octanol–water partition coefficient (Wildman–Crippen LogP) is 1.53. The van der Waals surface area contributed by atoms with Crippen LogP contribution in [0.25, 0.3) is 0 Å². The van der Waals surface area contributed by atoms with E-state index in [9.17, 15) is 13.2 Å². The largest absolute Gasteiger partial charge is 0.350 e. The van der Waals surface area contributed by atoms with E-state index in [2.05, 4.69) is 17.9 Å². The fourth-order valence-corrected chi connectivity index (χ4v) is 1.62. The van der Waals surface area contributed by atoms with Gasteiger partial charge in [-0.05, 0) is 38.1 Å². The summed E-state index contributed by atoms with van der Waals surface area (Å²) in [6, 6.07) is 6.70. The van der Waals surface area contributed by atoms with Gasteiger partial charge in [0.15, 0.2) is 9.84 Å². The first-order valence-electron chi connectivity index (χ1n) is 5.40. The number of carbonyl (C=O) groups is 1. The summed E-state index contributed by atoms with van der Waals surface area (Å²) in [7, 11) is -3.21. The molecule has 0 saturated carbocycles. The van der Waals surface area contributed by atoms with Crippen LogP contribution in [0.15, 0.2) is 29.2 Å². The van der Waals surface area contributed by atoms with Gasteiger partial charge in [0.2, 0.25) is 0 Å². The minimum Gasteiger partial charge on any atom is -0.350 e. The quantitative estimate of drug-likeness (QED) is 0.826. The summed E-state index contributed by atoms with van der Waals surface area (Å²) < 4.78 is 22.0. The van der Waals surface area contributed by atoms with E-state index in [1.165, 1.54) is 0 Å². The van der Waals surface area contributed by atoms with E-state index in [4.69, 9.17) is 0 Å². The minimum absolute atomic E-state index is 0.0767. The van der Waals surface area contributed by atoms with Gasteiger partial charge in [0, 0.05) is 23.3 Å². The maximum Gasteiger partial charge on any atom is 0.251 e. The Bertz CT molecular complexity index is 533. The zero-order valence-corrected chi connectivity index (χ0v) is 12.3. The molecule has 0 atom stereocenters. The summed E-state index contributed by atoms with van der Waals surface area (Å²) in [5.74, 6) is -0.292. The number of amides is 1. The summed E-state index contributed by atoms with van der Waals surface area (Å²) in [5.41, 5.74) is 0.483. The SMILES string of the molecule is CC(C)(CNC(=O)c1ccc(S)cc1)S(C)(=O)=O. The molecular formula is C12H17NO3S2. The number of hydrogen-bond acceptors (Lipinski definition) is 4. The molecule has 100 valence electrons. The Balaban J connectivity index is 2.70. The summed E-state index contributed by atoms with van der Waals surface area (Å²) in [6.45, 7) is 3.24. The molecule has 0 aliphatic heterocycles. The first-order valence-corrected chi connectivity index (χ1v) is 7.74. The van der Waals surface area contributed by atoms with E-state index in [-0.39, 0.29) is 12.5 Å². The average molecular weight is 287 g/mol. The minimum atomic E-state index is -3.21. The molecule has 0 bridgehead atoms. The van der Waals surface area contributed by atoms with Crippen molar-refractivity contribution in [3.05, 3.63) is 29.8 Å². The molecule has 0 unspecified atom stereocenters. The maximum absolute atomic E-state index is 11.8. The second-order valence-electron chi connectivity index (χ2n) is 4.76. The van der Waals surface area contributed by atoms with Crippen molar-refractivity contribution in [3.8, 4) is 0 Å². The molecule has 0 heterocycles. The molecule has 0 spiro atoms. The lowest BCUT2D eigenvalue weighted by molar-refractivity contribution is 0.0950. The highest BCUT2D eigenvalue weighted by atomic mass is 32.2. The monoisotopic (exact) mass is 287 g/mol. The van der Waals surface area contributed by atoms with Crippen molar-refractivity contribution in [3.63, 3.8) is 0 Å². The highest BCUT2D eigenvalue weighted by Crippen LogP contribution is 2.14. The highest BCUT2D eigenvalue weighted by Gasteiger charge is 2.30. The third-order valence-electron chi connectivity index (χ3n) is 2.81. The van der Waals surface area contributed by atoms with Gasteiger partial charge in [0.05, 0.1) is 4.75 Å². The number of benzene rings is 1. The summed E-state index contributed by atoms with van der Waals surface area (Å²) in [5, 5.41) is 2.62. The molecule has 0 aliphatic carbocycles. The van der Waals surface area contributed by atoms with Crippen molar-refractivity contribution in [2.75, 3.05) is 12.8 Å². The van der Waals surface area contributed by atoms with Gasteiger partial charge >= 0.3 is 0 Å². The number of carbonyl (C=O) groups excluding carboxylic acids is 1. The van der Waals surface area contributed by atoms with Crippen LogP contribution in [0, 0.1) is 0 Å². The van der Waals surface area contributed by atoms with E-state index >= 15 is 0 Å². The predicted molar refractivity (Wildman–Crippen MR) is 75.0 cm³/mol. The van der Waals surface area contributed by atoms with Crippen LogP contribution in [0.2, 0.25) is 0 Å². The summed E-state index contributed by atoms with van der Waals surface area (Å²) in [4.78, 5) is 12.6. The van der Waals surface area contributed by atoms with Gasteiger partial charge in [0.1, 0.15) is 0 Å². The third-order valence-corrected chi connectivity index (χ3v) is 5.26. The van der Waals surface area contributed by atoms with Gasteiger partial charge in [-0.15, -0.1) is 12.6 Å². The Morgan fingerprint density at radius 2 is 1.78 bits per heavy atom. The zero-order chi connectivity index (χ0) is 14.0. The fourth-order valence-electron chi connectivity index (χ4n) is 1.14. The lowest BCUT2D eigenvalue weighted by atomic mass is 10.2. The smallest absolute Gasteiger partial charge is 0.251 e. The number of hydrogen-bond donors (Lipinski definition) is 2. The zero-order valence-electron chi connectivity index (χ0n) is 10.6. The van der Waals surface area contributed by atoms with Gasteiger partial charge in [0.25, 0.3) is 5.91 Å². The van der Waals surface area contributed by atoms with Crippen LogP contribution in [0.3, 0.4) is 0 Å². The van der Waals surface area contributed by atoms with E-state index in [0.29, 0.717) is 5.56 Å². The molecule has 0 aliphatic rings. The van der Waals surface area contributed by atoms with Gasteiger partial charge in [-0.2, -0.15) is 0 Å². The Hall–Kier alpha value is -1.01. The Morgan fingerprint density at radius 1 is 1.28 bits per heavy atom. The molecule has 0 aromatic heterocycles. The summed E-state index contributed by atoms with van der Waals surface area (Å²) >= 11 is 4.12. The second-order valence-corrected chi connectivity index (χ2v) is 7.93. The van der Waals surface area contributed by atoms with Crippen molar-refractivity contribution in [2.24, 2.45) is 0 Å². The van der Waals surface area contributed by atoms with Gasteiger partial charge in [-0.25, -0.2) is 8.42 Å². The van der Waals surface area contributed by atoms with E-state index in [1.807, 2.05) is 0 Å².